The Morgan fingerprint density at radius 2 is 2.17 bits per heavy atom. The molecule has 0 spiro atoms. The van der Waals surface area contributed by atoms with Gasteiger partial charge in [-0.2, -0.15) is 5.26 Å². The number of nitrogens with zero attached hydrogens (tertiary/aromatic N) is 1. The number of carbonyl (C=O) groups excluding carboxylic acids is 2. The fourth-order valence-corrected chi connectivity index (χ4v) is 3.57. The Morgan fingerprint density at radius 1 is 1.48 bits per heavy atom. The van der Waals surface area contributed by atoms with Gasteiger partial charge in [-0.3, -0.25) is 9.59 Å². The van der Waals surface area contributed by atoms with Crippen molar-refractivity contribution in [3.8, 4) is 6.07 Å². The highest BCUT2D eigenvalue weighted by molar-refractivity contribution is 8.03. The Balaban J connectivity index is 2.67. The molecule has 0 unspecified atom stereocenters. The standard InChI is InChI=1S/C16H15ClN2O3S/c1-3-23-15-10(8-18)12(9-6-4-5-7-11(9)17)13(14(20)19-15)16(21)22-2/h4-7,12-13H,3H2,1-2H3,(H,19,20)/t12-,13-/m1/s1. The predicted molar refractivity (Wildman–Crippen MR) is 88.6 cm³/mol. The number of methoxy groups -OCH3 is 1. The lowest BCUT2D eigenvalue weighted by Crippen LogP contribution is -2.44. The van der Waals surface area contributed by atoms with Gasteiger partial charge in [0.2, 0.25) is 5.91 Å². The molecule has 120 valence electrons. The Morgan fingerprint density at radius 3 is 2.74 bits per heavy atom. The summed E-state index contributed by atoms with van der Waals surface area (Å²) in [7, 11) is 1.21. The van der Waals surface area contributed by atoms with Gasteiger partial charge in [-0.25, -0.2) is 0 Å². The molecule has 0 saturated carbocycles. The number of halogens is 1. The van der Waals surface area contributed by atoms with Gasteiger partial charge in [0.1, 0.15) is 5.92 Å². The Hall–Kier alpha value is -1.97. The number of rotatable bonds is 4. The molecule has 2 atom stereocenters. The van der Waals surface area contributed by atoms with E-state index in [1.54, 1.807) is 24.3 Å². The molecule has 1 aliphatic heterocycles. The molecule has 1 aromatic carbocycles. The average Bonchev–Trinajstić information content (AvgIpc) is 2.54. The smallest absolute Gasteiger partial charge is 0.319 e. The Kier molecular flexibility index (Phi) is 5.69. The number of ether oxygens (including phenoxy) is 1. The molecule has 0 bridgehead atoms. The zero-order valence-corrected chi connectivity index (χ0v) is 14.2. The van der Waals surface area contributed by atoms with Crippen molar-refractivity contribution in [2.24, 2.45) is 5.92 Å². The number of allylic oxidation sites excluding steroid dienone is 1. The lowest BCUT2D eigenvalue weighted by molar-refractivity contribution is -0.150. The summed E-state index contributed by atoms with van der Waals surface area (Å²) in [5.41, 5.74) is 0.880. The van der Waals surface area contributed by atoms with Crippen LogP contribution in [0, 0.1) is 17.2 Å². The maximum Gasteiger partial charge on any atom is 0.319 e. The van der Waals surface area contributed by atoms with Crippen molar-refractivity contribution >= 4 is 35.2 Å². The molecule has 1 N–H and O–H groups in total. The Bertz CT molecular complexity index is 712. The van der Waals surface area contributed by atoms with Crippen LogP contribution in [0.5, 0.6) is 0 Å². The monoisotopic (exact) mass is 350 g/mol. The summed E-state index contributed by atoms with van der Waals surface area (Å²) in [6.45, 7) is 1.91. The van der Waals surface area contributed by atoms with Crippen LogP contribution >= 0.6 is 23.4 Å². The minimum Gasteiger partial charge on any atom is -0.468 e. The zero-order valence-electron chi connectivity index (χ0n) is 12.6. The van der Waals surface area contributed by atoms with E-state index < -0.39 is 23.7 Å². The van der Waals surface area contributed by atoms with Gasteiger partial charge in [-0.15, -0.1) is 11.8 Å². The van der Waals surface area contributed by atoms with Crippen molar-refractivity contribution in [3.63, 3.8) is 0 Å². The normalized spacial score (nSPS) is 20.7. The summed E-state index contributed by atoms with van der Waals surface area (Å²) >= 11 is 7.59. The highest BCUT2D eigenvalue weighted by Gasteiger charge is 2.44. The molecule has 2 rings (SSSR count). The third-order valence-electron chi connectivity index (χ3n) is 3.51. The van der Waals surface area contributed by atoms with Crippen LogP contribution in [0.25, 0.3) is 0 Å². The van der Waals surface area contributed by atoms with Gasteiger partial charge in [-0.05, 0) is 17.4 Å². The van der Waals surface area contributed by atoms with Crippen molar-refractivity contribution in [3.05, 3.63) is 45.5 Å². The van der Waals surface area contributed by atoms with E-state index in [-0.39, 0.29) is 0 Å². The number of carbonyl (C=O) groups is 2. The molecule has 0 saturated heterocycles. The van der Waals surface area contributed by atoms with Gasteiger partial charge in [0.15, 0.2) is 0 Å². The van der Waals surface area contributed by atoms with E-state index >= 15 is 0 Å². The van der Waals surface area contributed by atoms with E-state index in [0.717, 1.165) is 0 Å². The topological polar surface area (TPSA) is 79.2 Å². The second-order valence-corrected chi connectivity index (χ2v) is 6.46. The Labute approximate surface area is 143 Å². The molecular weight excluding hydrogens is 336 g/mol. The van der Waals surface area contributed by atoms with Crippen LogP contribution in [0.3, 0.4) is 0 Å². The van der Waals surface area contributed by atoms with Crippen LogP contribution < -0.4 is 5.32 Å². The number of nitriles is 1. The molecule has 1 aliphatic rings. The van der Waals surface area contributed by atoms with Crippen LogP contribution in [-0.2, 0) is 14.3 Å². The maximum atomic E-state index is 12.4. The SMILES string of the molecule is CCSC1=C(C#N)[C@@H](c2ccccc2Cl)[C@@H](C(=O)OC)C(=O)N1. The molecule has 5 nitrogen and oxygen atoms in total. The predicted octanol–water partition coefficient (Wildman–Crippen LogP) is 2.83. The number of nitrogens with one attached hydrogen (secondary N) is 1. The summed E-state index contributed by atoms with van der Waals surface area (Å²) in [6.07, 6.45) is 0. The van der Waals surface area contributed by atoms with Crippen molar-refractivity contribution < 1.29 is 14.3 Å². The van der Waals surface area contributed by atoms with Crippen LogP contribution in [-0.4, -0.2) is 24.7 Å². The van der Waals surface area contributed by atoms with E-state index in [4.69, 9.17) is 16.3 Å². The minimum atomic E-state index is -1.14. The first-order chi connectivity index (χ1) is 11.0. The summed E-state index contributed by atoms with van der Waals surface area (Å²) < 4.78 is 4.76. The van der Waals surface area contributed by atoms with Crippen molar-refractivity contribution in [1.82, 2.24) is 5.32 Å². The number of amides is 1. The fourth-order valence-electron chi connectivity index (χ4n) is 2.53. The highest BCUT2D eigenvalue weighted by Crippen LogP contribution is 2.42. The third-order valence-corrected chi connectivity index (χ3v) is 4.76. The van der Waals surface area contributed by atoms with E-state index in [0.29, 0.717) is 26.9 Å². The number of hydrogen-bond acceptors (Lipinski definition) is 5. The summed E-state index contributed by atoms with van der Waals surface area (Å²) in [6, 6.07) is 9.01. The van der Waals surface area contributed by atoms with Crippen LogP contribution in [0.1, 0.15) is 18.4 Å². The van der Waals surface area contributed by atoms with Gasteiger partial charge in [-0.1, -0.05) is 36.7 Å². The first kappa shape index (κ1) is 17.4. The summed E-state index contributed by atoms with van der Waals surface area (Å²) in [5.74, 6) is -2.41. The first-order valence-electron chi connectivity index (χ1n) is 6.95. The van der Waals surface area contributed by atoms with Gasteiger partial charge in [0.25, 0.3) is 0 Å². The molecule has 0 fully saturated rings. The lowest BCUT2D eigenvalue weighted by Gasteiger charge is -2.31. The van der Waals surface area contributed by atoms with Gasteiger partial charge in [0, 0.05) is 10.9 Å². The van der Waals surface area contributed by atoms with Crippen molar-refractivity contribution in [2.45, 2.75) is 12.8 Å². The number of benzene rings is 1. The molecule has 0 aliphatic carbocycles. The number of hydrogen-bond donors (Lipinski definition) is 1. The van der Waals surface area contributed by atoms with Crippen molar-refractivity contribution in [2.75, 3.05) is 12.9 Å². The first-order valence-corrected chi connectivity index (χ1v) is 8.31. The largest absolute Gasteiger partial charge is 0.468 e. The quantitative estimate of drug-likeness (QED) is 0.667. The minimum absolute atomic E-state index is 0.319. The molecule has 1 aromatic rings. The van der Waals surface area contributed by atoms with E-state index in [2.05, 4.69) is 11.4 Å². The molecule has 1 heterocycles. The molecule has 0 radical (unpaired) electrons. The molecule has 0 aromatic heterocycles. The van der Waals surface area contributed by atoms with Gasteiger partial charge < -0.3 is 10.1 Å². The van der Waals surface area contributed by atoms with E-state index in [1.165, 1.54) is 18.9 Å². The van der Waals surface area contributed by atoms with Crippen molar-refractivity contribution in [1.29, 1.82) is 5.26 Å². The maximum absolute atomic E-state index is 12.4. The average molecular weight is 351 g/mol. The molecule has 23 heavy (non-hydrogen) atoms. The van der Waals surface area contributed by atoms with Gasteiger partial charge >= 0.3 is 5.97 Å². The number of thioether (sulfide) groups is 1. The fraction of sp³-hybridized carbons (Fsp3) is 0.312. The number of esters is 1. The van der Waals surface area contributed by atoms with E-state index in [9.17, 15) is 14.9 Å². The second-order valence-electron chi connectivity index (χ2n) is 4.78. The lowest BCUT2D eigenvalue weighted by atomic mass is 9.78. The zero-order chi connectivity index (χ0) is 17.0. The third kappa shape index (κ3) is 3.36. The van der Waals surface area contributed by atoms with Crippen LogP contribution in [0.2, 0.25) is 5.02 Å². The van der Waals surface area contributed by atoms with Gasteiger partial charge in [0.05, 0.1) is 23.8 Å². The second kappa shape index (κ2) is 7.53. The van der Waals surface area contributed by atoms with Crippen LogP contribution in [0.15, 0.2) is 34.9 Å². The summed E-state index contributed by atoms with van der Waals surface area (Å²) in [5, 5.41) is 13.1. The summed E-state index contributed by atoms with van der Waals surface area (Å²) in [4.78, 5) is 24.6. The molecular formula is C16H15ClN2O3S. The molecule has 1 amide bonds. The molecule has 7 heteroatoms. The highest BCUT2D eigenvalue weighted by atomic mass is 35.5. The van der Waals surface area contributed by atoms with E-state index in [1.807, 2.05) is 6.92 Å². The van der Waals surface area contributed by atoms with Crippen LogP contribution in [0.4, 0.5) is 0 Å².